The largest absolute Gasteiger partial charge is 0.367 e. The summed E-state index contributed by atoms with van der Waals surface area (Å²) < 4.78 is 0. The van der Waals surface area contributed by atoms with Crippen molar-refractivity contribution in [1.82, 2.24) is 4.98 Å². The Balaban J connectivity index is 1.45. The third-order valence-electron chi connectivity index (χ3n) is 5.68. The topological polar surface area (TPSA) is 24.9 Å². The van der Waals surface area contributed by atoms with Gasteiger partial charge in [-0.05, 0) is 60.0 Å². The molecule has 2 bridgehead atoms. The van der Waals surface area contributed by atoms with Gasteiger partial charge in [0.15, 0.2) is 0 Å². The van der Waals surface area contributed by atoms with Crippen molar-refractivity contribution in [3.05, 3.63) is 23.9 Å². The number of pyridine rings is 1. The first-order chi connectivity index (χ1) is 9.04. The minimum absolute atomic E-state index is 0.195. The molecule has 0 aromatic carbocycles. The number of nitrogens with one attached hydrogen (secondary N) is 1. The Morgan fingerprint density at radius 2 is 1.79 bits per heavy atom. The summed E-state index contributed by atoms with van der Waals surface area (Å²) in [6, 6.07) is 5.12. The van der Waals surface area contributed by atoms with E-state index in [1.165, 1.54) is 24.8 Å². The number of nitrogens with zero attached hydrogens (tertiary/aromatic N) is 1. The van der Waals surface area contributed by atoms with Gasteiger partial charge in [0.2, 0.25) is 0 Å². The molecule has 4 unspecified atom stereocenters. The zero-order valence-corrected chi connectivity index (χ0v) is 12.2. The Kier molecular flexibility index (Phi) is 2.31. The summed E-state index contributed by atoms with van der Waals surface area (Å²) in [6.07, 6.45) is 6.53. The maximum atomic E-state index is 4.61. The van der Waals surface area contributed by atoms with Gasteiger partial charge in [-0.2, -0.15) is 0 Å². The Hall–Kier alpha value is -1.05. The molecule has 1 heterocycles. The second-order valence-electron chi connectivity index (χ2n) is 7.84. The van der Waals surface area contributed by atoms with Gasteiger partial charge in [-0.25, -0.2) is 4.98 Å². The lowest BCUT2D eigenvalue weighted by atomic mass is 9.88. The van der Waals surface area contributed by atoms with E-state index in [9.17, 15) is 0 Å². The van der Waals surface area contributed by atoms with E-state index in [0.717, 1.165) is 35.5 Å². The zero-order valence-electron chi connectivity index (χ0n) is 12.2. The van der Waals surface area contributed by atoms with Crippen LogP contribution in [0.2, 0.25) is 0 Å². The fourth-order valence-corrected chi connectivity index (χ4v) is 4.61. The van der Waals surface area contributed by atoms with Gasteiger partial charge in [0.1, 0.15) is 5.82 Å². The monoisotopic (exact) mass is 256 g/mol. The minimum Gasteiger partial charge on any atom is -0.367 e. The molecule has 0 spiro atoms. The van der Waals surface area contributed by atoms with E-state index in [2.05, 4.69) is 43.2 Å². The molecule has 0 amide bonds. The lowest BCUT2D eigenvalue weighted by molar-refractivity contribution is 0.456. The molecule has 3 aliphatic carbocycles. The van der Waals surface area contributed by atoms with Crippen molar-refractivity contribution in [3.63, 3.8) is 0 Å². The lowest BCUT2D eigenvalue weighted by Gasteiger charge is -2.19. The molecule has 1 N–H and O–H groups in total. The van der Waals surface area contributed by atoms with E-state index in [-0.39, 0.29) is 5.41 Å². The van der Waals surface area contributed by atoms with Crippen LogP contribution in [0.1, 0.15) is 45.6 Å². The summed E-state index contributed by atoms with van der Waals surface area (Å²) >= 11 is 0. The van der Waals surface area contributed by atoms with E-state index < -0.39 is 0 Å². The smallest absolute Gasteiger partial charge is 0.126 e. The predicted molar refractivity (Wildman–Crippen MR) is 78.2 cm³/mol. The van der Waals surface area contributed by atoms with Gasteiger partial charge in [0, 0.05) is 12.2 Å². The maximum absolute atomic E-state index is 4.61. The van der Waals surface area contributed by atoms with E-state index in [4.69, 9.17) is 0 Å². The van der Waals surface area contributed by atoms with Gasteiger partial charge < -0.3 is 5.32 Å². The van der Waals surface area contributed by atoms with E-state index in [0.29, 0.717) is 0 Å². The predicted octanol–water partition coefficient (Wildman–Crippen LogP) is 3.84. The number of anilines is 1. The fourth-order valence-electron chi connectivity index (χ4n) is 4.61. The molecule has 1 aromatic heterocycles. The second-order valence-corrected chi connectivity index (χ2v) is 7.84. The fraction of sp³-hybridized carbons (Fsp3) is 0.706. The third kappa shape index (κ3) is 1.79. The van der Waals surface area contributed by atoms with Crippen molar-refractivity contribution >= 4 is 5.82 Å². The third-order valence-corrected chi connectivity index (χ3v) is 5.68. The number of aromatic nitrogens is 1. The van der Waals surface area contributed by atoms with Crippen molar-refractivity contribution < 1.29 is 0 Å². The van der Waals surface area contributed by atoms with Gasteiger partial charge in [0.05, 0.1) is 0 Å². The molecule has 4 atom stereocenters. The summed E-state index contributed by atoms with van der Waals surface area (Å²) in [4.78, 5) is 4.61. The average molecular weight is 256 g/mol. The molecule has 19 heavy (non-hydrogen) atoms. The van der Waals surface area contributed by atoms with Crippen molar-refractivity contribution in [1.29, 1.82) is 0 Å². The molecule has 102 valence electrons. The number of hydrogen-bond donors (Lipinski definition) is 1. The molecular formula is C17H24N2. The Morgan fingerprint density at radius 1 is 1.11 bits per heavy atom. The van der Waals surface area contributed by atoms with Crippen molar-refractivity contribution in [2.75, 3.05) is 5.32 Å². The first kappa shape index (κ1) is 11.7. The summed E-state index contributed by atoms with van der Waals surface area (Å²) in [6.45, 7) is 6.71. The Labute approximate surface area is 116 Å². The summed E-state index contributed by atoms with van der Waals surface area (Å²) in [5.74, 6) is 5.08. The Bertz CT molecular complexity index is 469. The van der Waals surface area contributed by atoms with E-state index in [1.54, 1.807) is 0 Å². The first-order valence-corrected chi connectivity index (χ1v) is 7.77. The molecule has 0 radical (unpaired) electrons. The molecule has 4 rings (SSSR count). The lowest BCUT2D eigenvalue weighted by Crippen LogP contribution is -2.15. The normalized spacial score (nSPS) is 39.2. The number of rotatable bonds is 2. The molecule has 2 heteroatoms. The van der Waals surface area contributed by atoms with Crippen LogP contribution in [-0.4, -0.2) is 11.0 Å². The standard InChI is InChI=1S/C17H24N2/c1-17(2,3)12-6-7-13(18-9-12)19-16-14-10-4-5-11(8-10)15(14)16/h6-7,9-11,14-16H,4-5,8H2,1-3H3,(H,18,19). The highest BCUT2D eigenvalue weighted by Crippen LogP contribution is 2.66. The van der Waals surface area contributed by atoms with E-state index >= 15 is 0 Å². The van der Waals surface area contributed by atoms with Crippen LogP contribution in [0.25, 0.3) is 0 Å². The van der Waals surface area contributed by atoms with Crippen molar-refractivity contribution in [2.45, 2.75) is 51.5 Å². The molecule has 0 saturated heterocycles. The molecule has 0 aliphatic heterocycles. The van der Waals surface area contributed by atoms with Crippen molar-refractivity contribution in [2.24, 2.45) is 23.7 Å². The molecule has 3 saturated carbocycles. The molecular weight excluding hydrogens is 232 g/mol. The maximum Gasteiger partial charge on any atom is 0.126 e. The minimum atomic E-state index is 0.195. The van der Waals surface area contributed by atoms with Crippen LogP contribution in [0.3, 0.4) is 0 Å². The average Bonchev–Trinajstić information content (AvgIpc) is 2.77. The SMILES string of the molecule is CC(C)(C)c1ccc(NC2C3C4CCC(C4)C23)nc1. The van der Waals surface area contributed by atoms with Crippen LogP contribution in [0, 0.1) is 23.7 Å². The van der Waals surface area contributed by atoms with Gasteiger partial charge in [-0.3, -0.25) is 0 Å². The summed E-state index contributed by atoms with van der Waals surface area (Å²) in [7, 11) is 0. The highest BCUT2D eigenvalue weighted by atomic mass is 15.1. The van der Waals surface area contributed by atoms with Crippen LogP contribution in [-0.2, 0) is 5.41 Å². The van der Waals surface area contributed by atoms with Crippen molar-refractivity contribution in [3.8, 4) is 0 Å². The summed E-state index contributed by atoms with van der Waals surface area (Å²) in [5.41, 5.74) is 1.51. The quantitative estimate of drug-likeness (QED) is 0.869. The first-order valence-electron chi connectivity index (χ1n) is 7.77. The number of fused-ring (bicyclic) bond motifs is 5. The molecule has 1 aromatic rings. The number of hydrogen-bond acceptors (Lipinski definition) is 2. The second kappa shape index (κ2) is 3.74. The highest BCUT2D eigenvalue weighted by Gasteiger charge is 2.65. The van der Waals surface area contributed by atoms with Gasteiger partial charge in [0.25, 0.3) is 0 Å². The van der Waals surface area contributed by atoms with Crippen LogP contribution in [0.5, 0.6) is 0 Å². The Morgan fingerprint density at radius 3 is 2.32 bits per heavy atom. The van der Waals surface area contributed by atoms with Crippen LogP contribution >= 0.6 is 0 Å². The highest BCUT2D eigenvalue weighted by molar-refractivity contribution is 5.42. The van der Waals surface area contributed by atoms with Crippen LogP contribution < -0.4 is 5.32 Å². The zero-order chi connectivity index (χ0) is 13.2. The van der Waals surface area contributed by atoms with Gasteiger partial charge in [-0.15, -0.1) is 0 Å². The van der Waals surface area contributed by atoms with Crippen LogP contribution in [0.15, 0.2) is 18.3 Å². The summed E-state index contributed by atoms with van der Waals surface area (Å²) in [5, 5.41) is 3.69. The molecule has 2 nitrogen and oxygen atoms in total. The molecule has 3 fully saturated rings. The van der Waals surface area contributed by atoms with Gasteiger partial charge >= 0.3 is 0 Å². The van der Waals surface area contributed by atoms with Crippen LogP contribution in [0.4, 0.5) is 5.82 Å². The van der Waals surface area contributed by atoms with Gasteiger partial charge in [-0.1, -0.05) is 26.8 Å². The van der Waals surface area contributed by atoms with E-state index in [1.807, 2.05) is 6.20 Å². The molecule has 3 aliphatic rings.